The van der Waals surface area contributed by atoms with Crippen molar-refractivity contribution >= 4 is 27.3 Å². The van der Waals surface area contributed by atoms with Gasteiger partial charge in [-0.2, -0.15) is 0 Å². The average molecular weight is 476 g/mol. The van der Waals surface area contributed by atoms with Crippen LogP contribution in [0.1, 0.15) is 40.7 Å². The number of piperidine rings is 1. The highest BCUT2D eigenvalue weighted by Crippen LogP contribution is 2.32. The van der Waals surface area contributed by atoms with Crippen molar-refractivity contribution in [3.63, 3.8) is 0 Å². The van der Waals surface area contributed by atoms with E-state index < -0.39 is 10.0 Å². The van der Waals surface area contributed by atoms with Crippen molar-refractivity contribution < 1.29 is 13.2 Å². The van der Waals surface area contributed by atoms with Crippen LogP contribution in [0.4, 0.5) is 11.4 Å². The van der Waals surface area contributed by atoms with Gasteiger partial charge in [0.1, 0.15) is 0 Å². The van der Waals surface area contributed by atoms with Crippen LogP contribution < -0.4 is 9.62 Å². The van der Waals surface area contributed by atoms with Gasteiger partial charge in [0.05, 0.1) is 10.6 Å². The number of benzene rings is 3. The third kappa shape index (κ3) is 4.72. The lowest BCUT2D eigenvalue weighted by Crippen LogP contribution is -2.29. The van der Waals surface area contributed by atoms with E-state index in [9.17, 15) is 13.2 Å². The minimum atomic E-state index is -3.76. The Morgan fingerprint density at radius 3 is 2.50 bits per heavy atom. The number of likely N-dealkylation sites (tertiary alicyclic amines) is 1. The van der Waals surface area contributed by atoms with Gasteiger partial charge in [-0.25, -0.2) is 8.42 Å². The molecule has 0 radical (unpaired) electrons. The fourth-order valence-corrected chi connectivity index (χ4v) is 6.36. The molecule has 0 saturated carbocycles. The van der Waals surface area contributed by atoms with E-state index in [1.165, 1.54) is 29.6 Å². The fraction of sp³-hybridized carbons (Fsp3) is 0.296. The third-order valence-corrected chi connectivity index (χ3v) is 8.38. The number of carbonyl (C=O) groups is 1. The van der Waals surface area contributed by atoms with E-state index in [4.69, 9.17) is 0 Å². The fourth-order valence-electron chi connectivity index (χ4n) is 4.81. The Morgan fingerprint density at radius 2 is 1.65 bits per heavy atom. The second kappa shape index (κ2) is 9.60. The number of nitrogens with zero attached hydrogens (tertiary/aromatic N) is 2. The number of rotatable bonds is 6. The van der Waals surface area contributed by atoms with E-state index in [-0.39, 0.29) is 10.8 Å². The number of anilines is 2. The molecule has 7 heteroatoms. The SMILES string of the molecule is O=C(Nc1cccc(CN2CCCCC2)c1)c1cccc(S(=O)(=O)N2CCc3ccccc32)c1. The first-order chi connectivity index (χ1) is 16.5. The Balaban J connectivity index is 1.32. The predicted molar refractivity (Wildman–Crippen MR) is 135 cm³/mol. The first-order valence-corrected chi connectivity index (χ1v) is 13.3. The molecule has 3 aromatic carbocycles. The van der Waals surface area contributed by atoms with Crippen LogP contribution in [0, 0.1) is 0 Å². The third-order valence-electron chi connectivity index (χ3n) is 6.57. The highest BCUT2D eigenvalue weighted by molar-refractivity contribution is 7.92. The zero-order valence-corrected chi connectivity index (χ0v) is 19.9. The zero-order valence-electron chi connectivity index (χ0n) is 19.1. The minimum absolute atomic E-state index is 0.121. The maximum atomic E-state index is 13.4. The second-order valence-corrected chi connectivity index (χ2v) is 10.8. The summed E-state index contributed by atoms with van der Waals surface area (Å²) in [6.45, 7) is 3.50. The summed E-state index contributed by atoms with van der Waals surface area (Å²) in [5.41, 5.74) is 3.91. The van der Waals surface area contributed by atoms with E-state index in [0.717, 1.165) is 30.8 Å². The number of hydrogen-bond donors (Lipinski definition) is 1. The molecule has 2 aliphatic rings. The molecule has 0 bridgehead atoms. The summed E-state index contributed by atoms with van der Waals surface area (Å²) in [6, 6.07) is 21.7. The largest absolute Gasteiger partial charge is 0.322 e. The highest BCUT2D eigenvalue weighted by atomic mass is 32.2. The topological polar surface area (TPSA) is 69.7 Å². The Morgan fingerprint density at radius 1 is 0.853 bits per heavy atom. The number of nitrogens with one attached hydrogen (secondary N) is 1. The summed E-state index contributed by atoms with van der Waals surface area (Å²) in [5, 5.41) is 2.93. The molecule has 176 valence electrons. The van der Waals surface area contributed by atoms with Crippen LogP contribution in [0.25, 0.3) is 0 Å². The molecular weight excluding hydrogens is 446 g/mol. The number of carbonyl (C=O) groups excluding carboxylic acids is 1. The Kier molecular flexibility index (Phi) is 6.39. The molecule has 2 heterocycles. The average Bonchev–Trinajstić information content (AvgIpc) is 3.30. The summed E-state index contributed by atoms with van der Waals surface area (Å²) < 4.78 is 28.1. The Hall–Kier alpha value is -3.16. The molecule has 6 nitrogen and oxygen atoms in total. The molecule has 1 N–H and O–H groups in total. The number of amides is 1. The van der Waals surface area contributed by atoms with Crippen LogP contribution in [0.2, 0.25) is 0 Å². The normalized spacial score (nSPS) is 16.3. The van der Waals surface area contributed by atoms with Gasteiger partial charge < -0.3 is 5.32 Å². The highest BCUT2D eigenvalue weighted by Gasteiger charge is 2.31. The second-order valence-electron chi connectivity index (χ2n) is 8.98. The molecule has 34 heavy (non-hydrogen) atoms. The molecule has 1 saturated heterocycles. The number of hydrogen-bond acceptors (Lipinski definition) is 4. The van der Waals surface area contributed by atoms with E-state index in [1.807, 2.05) is 42.5 Å². The molecular formula is C27H29N3O3S. The first-order valence-electron chi connectivity index (χ1n) is 11.8. The van der Waals surface area contributed by atoms with Gasteiger partial charge in [0, 0.05) is 24.3 Å². The Bertz CT molecular complexity index is 1300. The van der Waals surface area contributed by atoms with Crippen molar-refractivity contribution in [2.45, 2.75) is 37.1 Å². The quantitative estimate of drug-likeness (QED) is 0.562. The van der Waals surface area contributed by atoms with Crippen LogP contribution in [0.3, 0.4) is 0 Å². The van der Waals surface area contributed by atoms with Crippen LogP contribution in [-0.2, 0) is 23.0 Å². The van der Waals surface area contributed by atoms with Gasteiger partial charge in [-0.3, -0.25) is 14.0 Å². The van der Waals surface area contributed by atoms with Gasteiger partial charge in [-0.05, 0) is 79.9 Å². The molecule has 0 atom stereocenters. The molecule has 1 fully saturated rings. The number of fused-ring (bicyclic) bond motifs is 1. The minimum Gasteiger partial charge on any atom is -0.322 e. The molecule has 0 aliphatic carbocycles. The maximum absolute atomic E-state index is 13.4. The van der Waals surface area contributed by atoms with Gasteiger partial charge in [0.15, 0.2) is 0 Å². The van der Waals surface area contributed by atoms with Gasteiger partial charge in [-0.1, -0.05) is 42.8 Å². The van der Waals surface area contributed by atoms with Crippen LogP contribution in [0.15, 0.2) is 77.7 Å². The monoisotopic (exact) mass is 475 g/mol. The molecule has 1 amide bonds. The van der Waals surface area contributed by atoms with Crippen molar-refractivity contribution in [3.05, 3.63) is 89.5 Å². The van der Waals surface area contributed by atoms with Gasteiger partial charge in [-0.15, -0.1) is 0 Å². The first kappa shape index (κ1) is 22.6. The molecule has 0 aromatic heterocycles. The van der Waals surface area contributed by atoms with Crippen molar-refractivity contribution in [3.8, 4) is 0 Å². The lowest BCUT2D eigenvalue weighted by atomic mass is 10.1. The molecule has 0 unspecified atom stereocenters. The molecule has 0 spiro atoms. The predicted octanol–water partition coefficient (Wildman–Crippen LogP) is 4.68. The zero-order chi connectivity index (χ0) is 23.5. The van der Waals surface area contributed by atoms with E-state index in [0.29, 0.717) is 29.9 Å². The lowest BCUT2D eigenvalue weighted by Gasteiger charge is -2.26. The summed E-state index contributed by atoms with van der Waals surface area (Å²) in [5.74, 6) is -0.325. The van der Waals surface area contributed by atoms with Crippen molar-refractivity contribution in [2.75, 3.05) is 29.3 Å². The van der Waals surface area contributed by atoms with E-state index in [2.05, 4.69) is 16.3 Å². The van der Waals surface area contributed by atoms with Crippen molar-refractivity contribution in [2.24, 2.45) is 0 Å². The van der Waals surface area contributed by atoms with E-state index in [1.54, 1.807) is 18.2 Å². The standard InChI is InChI=1S/C27H29N3O3S/c31-27(28-24-11-6-8-21(18-24)20-29-15-4-1-5-16-29)23-10-7-12-25(19-23)34(32,33)30-17-14-22-9-2-3-13-26(22)30/h2-3,6-13,18-19H,1,4-5,14-17,20H2,(H,28,31). The molecule has 3 aromatic rings. The number of sulfonamides is 1. The van der Waals surface area contributed by atoms with Crippen molar-refractivity contribution in [1.82, 2.24) is 4.90 Å². The maximum Gasteiger partial charge on any atom is 0.264 e. The van der Waals surface area contributed by atoms with Gasteiger partial charge in [0.25, 0.3) is 15.9 Å². The summed E-state index contributed by atoms with van der Waals surface area (Å²) in [7, 11) is -3.76. The van der Waals surface area contributed by atoms with Crippen molar-refractivity contribution in [1.29, 1.82) is 0 Å². The summed E-state index contributed by atoms with van der Waals surface area (Å²) >= 11 is 0. The smallest absolute Gasteiger partial charge is 0.264 e. The van der Waals surface area contributed by atoms with Crippen LogP contribution in [0.5, 0.6) is 0 Å². The summed E-state index contributed by atoms with van der Waals surface area (Å²) in [4.78, 5) is 15.5. The Labute approximate surface area is 201 Å². The number of para-hydroxylation sites is 1. The summed E-state index contributed by atoms with van der Waals surface area (Å²) in [6.07, 6.45) is 4.45. The molecule has 5 rings (SSSR count). The van der Waals surface area contributed by atoms with Gasteiger partial charge >= 0.3 is 0 Å². The van der Waals surface area contributed by atoms with Crippen LogP contribution >= 0.6 is 0 Å². The van der Waals surface area contributed by atoms with E-state index >= 15 is 0 Å². The van der Waals surface area contributed by atoms with Crippen LogP contribution in [-0.4, -0.2) is 38.9 Å². The lowest BCUT2D eigenvalue weighted by molar-refractivity contribution is 0.102. The molecule has 2 aliphatic heterocycles. The van der Waals surface area contributed by atoms with Gasteiger partial charge in [0.2, 0.25) is 0 Å².